The number of aromatic nitrogens is 2. The summed E-state index contributed by atoms with van der Waals surface area (Å²) in [6.45, 7) is 0.381. The lowest BCUT2D eigenvalue weighted by Gasteiger charge is -2.04. The molecule has 20 heavy (non-hydrogen) atoms. The fraction of sp³-hybridized carbons (Fsp3) is 0.154. The van der Waals surface area contributed by atoms with E-state index in [-0.39, 0.29) is 11.4 Å². The number of nitrogens with one attached hydrogen (secondary N) is 2. The monoisotopic (exact) mass is 293 g/mol. The highest BCUT2D eigenvalue weighted by atomic mass is 35.5. The molecule has 0 atom stereocenters. The van der Waals surface area contributed by atoms with Gasteiger partial charge in [0.25, 0.3) is 5.91 Å². The van der Waals surface area contributed by atoms with Crippen molar-refractivity contribution in [3.63, 3.8) is 0 Å². The van der Waals surface area contributed by atoms with Gasteiger partial charge in [-0.15, -0.1) is 0 Å². The van der Waals surface area contributed by atoms with Crippen LogP contribution in [-0.2, 0) is 6.42 Å². The largest absolute Gasteiger partial charge is 0.477 e. The third kappa shape index (κ3) is 3.36. The molecule has 6 nitrogen and oxygen atoms in total. The lowest BCUT2D eigenvalue weighted by atomic mass is 10.1. The molecular formula is C13H12ClN3O3. The molecule has 0 saturated heterocycles. The Bertz CT molecular complexity index is 622. The van der Waals surface area contributed by atoms with Gasteiger partial charge in [0.1, 0.15) is 0 Å². The number of hydrogen-bond acceptors (Lipinski definition) is 3. The molecule has 0 radical (unpaired) electrons. The summed E-state index contributed by atoms with van der Waals surface area (Å²) in [6.07, 6.45) is 1.80. The molecule has 0 aliphatic carbocycles. The molecule has 0 aliphatic rings. The van der Waals surface area contributed by atoms with Gasteiger partial charge in [0.15, 0.2) is 11.4 Å². The highest BCUT2D eigenvalue weighted by Crippen LogP contribution is 2.09. The molecule has 1 aromatic carbocycles. The van der Waals surface area contributed by atoms with Crippen molar-refractivity contribution in [1.29, 1.82) is 0 Å². The summed E-state index contributed by atoms with van der Waals surface area (Å²) < 4.78 is 0. The third-order valence-electron chi connectivity index (χ3n) is 2.68. The van der Waals surface area contributed by atoms with E-state index in [2.05, 4.69) is 15.3 Å². The van der Waals surface area contributed by atoms with E-state index < -0.39 is 11.9 Å². The second-order valence-corrected chi connectivity index (χ2v) is 4.50. The van der Waals surface area contributed by atoms with Crippen LogP contribution in [0.25, 0.3) is 0 Å². The van der Waals surface area contributed by atoms with Crippen LogP contribution in [-0.4, -0.2) is 33.5 Å². The number of carbonyl (C=O) groups excluding carboxylic acids is 1. The number of imidazole rings is 1. The summed E-state index contributed by atoms with van der Waals surface area (Å²) in [5.41, 5.74) is 0.692. The second kappa shape index (κ2) is 6.21. The van der Waals surface area contributed by atoms with E-state index in [1.54, 1.807) is 12.1 Å². The molecule has 0 fully saturated rings. The minimum absolute atomic E-state index is 0.117. The first-order valence-electron chi connectivity index (χ1n) is 5.87. The lowest BCUT2D eigenvalue weighted by molar-refractivity contribution is 0.0685. The Hall–Kier alpha value is -2.34. The first-order valence-corrected chi connectivity index (χ1v) is 6.25. The fourth-order valence-corrected chi connectivity index (χ4v) is 1.81. The Labute approximate surface area is 119 Å². The minimum atomic E-state index is -1.22. The molecule has 0 saturated carbocycles. The van der Waals surface area contributed by atoms with Gasteiger partial charge in [-0.05, 0) is 24.1 Å². The molecule has 0 aliphatic heterocycles. The number of carbonyl (C=O) groups is 2. The molecule has 1 aromatic heterocycles. The van der Waals surface area contributed by atoms with Gasteiger partial charge in [-0.3, -0.25) is 4.79 Å². The molecule has 2 aromatic rings. The van der Waals surface area contributed by atoms with E-state index in [9.17, 15) is 9.59 Å². The van der Waals surface area contributed by atoms with Crippen molar-refractivity contribution in [2.24, 2.45) is 0 Å². The van der Waals surface area contributed by atoms with Gasteiger partial charge in [-0.25, -0.2) is 9.78 Å². The smallest absolute Gasteiger partial charge is 0.354 e. The molecule has 0 spiro atoms. The number of rotatable bonds is 5. The number of hydrogen-bond donors (Lipinski definition) is 3. The van der Waals surface area contributed by atoms with Gasteiger partial charge in [0.05, 0.1) is 6.33 Å². The van der Waals surface area contributed by atoms with Crippen LogP contribution in [0.2, 0.25) is 5.02 Å². The Balaban J connectivity index is 1.91. The minimum Gasteiger partial charge on any atom is -0.477 e. The van der Waals surface area contributed by atoms with Crippen molar-refractivity contribution in [1.82, 2.24) is 15.3 Å². The predicted molar refractivity (Wildman–Crippen MR) is 73.0 cm³/mol. The molecule has 0 bridgehead atoms. The van der Waals surface area contributed by atoms with E-state index >= 15 is 0 Å². The first kappa shape index (κ1) is 14.1. The van der Waals surface area contributed by atoms with Crippen LogP contribution in [0.15, 0.2) is 30.6 Å². The maximum Gasteiger partial charge on any atom is 0.354 e. The van der Waals surface area contributed by atoms with Crippen LogP contribution in [0, 0.1) is 0 Å². The molecule has 7 heteroatoms. The summed E-state index contributed by atoms with van der Waals surface area (Å²) in [5, 5.41) is 12.1. The summed E-state index contributed by atoms with van der Waals surface area (Å²) in [7, 11) is 0. The number of halogens is 1. The van der Waals surface area contributed by atoms with Gasteiger partial charge < -0.3 is 15.4 Å². The zero-order valence-electron chi connectivity index (χ0n) is 10.4. The molecule has 0 unspecified atom stereocenters. The normalized spacial score (nSPS) is 10.2. The maximum atomic E-state index is 11.8. The number of H-pyrrole nitrogens is 1. The standard InChI is InChI=1S/C13H12ClN3O3/c14-9-3-1-8(2-4-9)5-6-15-12(18)10-11(13(19)20)17-7-16-10/h1-4,7H,5-6H2,(H,15,18)(H,16,17)(H,19,20). The maximum absolute atomic E-state index is 11.8. The van der Waals surface area contributed by atoms with Gasteiger partial charge in [0, 0.05) is 11.6 Å². The number of benzene rings is 1. The first-order chi connectivity index (χ1) is 9.58. The Kier molecular flexibility index (Phi) is 4.37. The number of carboxylic acid groups (broad SMARTS) is 1. The number of carboxylic acids is 1. The van der Waals surface area contributed by atoms with Crippen molar-refractivity contribution < 1.29 is 14.7 Å². The van der Waals surface area contributed by atoms with Crippen molar-refractivity contribution in [2.75, 3.05) is 6.54 Å². The summed E-state index contributed by atoms with van der Waals surface area (Å²) >= 11 is 5.77. The van der Waals surface area contributed by atoms with E-state index in [1.807, 2.05) is 12.1 Å². The molecule has 2 rings (SSSR count). The Morgan fingerprint density at radius 3 is 2.65 bits per heavy atom. The van der Waals surface area contributed by atoms with E-state index in [1.165, 1.54) is 6.33 Å². The summed E-state index contributed by atoms with van der Waals surface area (Å²) in [4.78, 5) is 28.8. The molecule has 1 amide bonds. The number of amides is 1. The number of aromatic carboxylic acids is 1. The van der Waals surface area contributed by atoms with Crippen LogP contribution < -0.4 is 5.32 Å². The summed E-state index contributed by atoms with van der Waals surface area (Å²) in [6, 6.07) is 7.28. The van der Waals surface area contributed by atoms with Crippen LogP contribution in [0.5, 0.6) is 0 Å². The molecular weight excluding hydrogens is 282 g/mol. The molecule has 3 N–H and O–H groups in total. The van der Waals surface area contributed by atoms with Gasteiger partial charge in [-0.2, -0.15) is 0 Å². The second-order valence-electron chi connectivity index (χ2n) is 4.06. The predicted octanol–water partition coefficient (Wildman–Crippen LogP) is 1.73. The van der Waals surface area contributed by atoms with Crippen LogP contribution in [0.3, 0.4) is 0 Å². The Morgan fingerprint density at radius 2 is 2.00 bits per heavy atom. The molecule has 1 heterocycles. The van der Waals surface area contributed by atoms with Crippen molar-refractivity contribution in [2.45, 2.75) is 6.42 Å². The molecule has 104 valence electrons. The van der Waals surface area contributed by atoms with Crippen LogP contribution >= 0.6 is 11.6 Å². The highest BCUT2D eigenvalue weighted by molar-refractivity contribution is 6.30. The van der Waals surface area contributed by atoms with E-state index in [0.717, 1.165) is 5.56 Å². The SMILES string of the molecule is O=C(NCCc1ccc(Cl)cc1)c1nc[nH]c1C(=O)O. The van der Waals surface area contributed by atoms with Gasteiger partial charge >= 0.3 is 5.97 Å². The quantitative estimate of drug-likeness (QED) is 0.782. The topological polar surface area (TPSA) is 95.1 Å². The zero-order valence-corrected chi connectivity index (χ0v) is 11.1. The average Bonchev–Trinajstić information content (AvgIpc) is 2.90. The van der Waals surface area contributed by atoms with E-state index in [4.69, 9.17) is 16.7 Å². The van der Waals surface area contributed by atoms with Crippen molar-refractivity contribution in [3.8, 4) is 0 Å². The number of nitrogens with zero attached hydrogens (tertiary/aromatic N) is 1. The van der Waals surface area contributed by atoms with Crippen LogP contribution in [0.1, 0.15) is 26.5 Å². The summed E-state index contributed by atoms with van der Waals surface area (Å²) in [5.74, 6) is -1.73. The highest BCUT2D eigenvalue weighted by Gasteiger charge is 2.18. The third-order valence-corrected chi connectivity index (χ3v) is 2.93. The zero-order chi connectivity index (χ0) is 14.5. The van der Waals surface area contributed by atoms with Crippen molar-refractivity contribution in [3.05, 3.63) is 52.6 Å². The van der Waals surface area contributed by atoms with Crippen molar-refractivity contribution >= 4 is 23.5 Å². The van der Waals surface area contributed by atoms with Crippen LogP contribution in [0.4, 0.5) is 0 Å². The number of aromatic amines is 1. The fourth-order valence-electron chi connectivity index (χ4n) is 1.68. The Morgan fingerprint density at radius 1 is 1.30 bits per heavy atom. The van der Waals surface area contributed by atoms with Gasteiger partial charge in [0.2, 0.25) is 0 Å². The average molecular weight is 294 g/mol. The van der Waals surface area contributed by atoms with E-state index in [0.29, 0.717) is 18.0 Å². The van der Waals surface area contributed by atoms with Gasteiger partial charge in [-0.1, -0.05) is 23.7 Å². The lowest BCUT2D eigenvalue weighted by Crippen LogP contribution is -2.27.